The smallest absolute Gasteiger partial charge is 0.306 e. The van der Waals surface area contributed by atoms with Crippen LogP contribution in [0.5, 0.6) is 0 Å². The Balaban J connectivity index is 1.60. The molecular formula is C13H18N2O4. The molecule has 1 aromatic rings. The van der Waals surface area contributed by atoms with Gasteiger partial charge in [-0.3, -0.25) is 4.79 Å². The lowest BCUT2D eigenvalue weighted by molar-refractivity contribution is -0.141. The maximum atomic E-state index is 10.9. The normalized spacial score (nSPS) is 30.8. The van der Waals surface area contributed by atoms with E-state index in [1.54, 1.807) is 0 Å². The quantitative estimate of drug-likeness (QED) is 0.891. The maximum Gasteiger partial charge on any atom is 0.306 e. The molecule has 3 rings (SSSR count). The predicted octanol–water partition coefficient (Wildman–Crippen LogP) is 1.62. The molecule has 6 nitrogen and oxygen atoms in total. The molecule has 3 unspecified atom stereocenters. The van der Waals surface area contributed by atoms with Gasteiger partial charge in [0.1, 0.15) is 0 Å². The van der Waals surface area contributed by atoms with Crippen molar-refractivity contribution in [3.8, 4) is 0 Å². The van der Waals surface area contributed by atoms with Gasteiger partial charge in [0.05, 0.1) is 5.92 Å². The van der Waals surface area contributed by atoms with E-state index in [1.165, 1.54) is 0 Å². The molecule has 0 spiro atoms. The molecule has 19 heavy (non-hydrogen) atoms. The summed E-state index contributed by atoms with van der Waals surface area (Å²) >= 11 is 0. The molecule has 1 N–H and O–H groups in total. The first-order valence-corrected chi connectivity index (χ1v) is 6.85. The summed E-state index contributed by atoms with van der Waals surface area (Å²) in [6, 6.07) is 0. The first-order chi connectivity index (χ1) is 9.22. The molecule has 0 aromatic carbocycles. The van der Waals surface area contributed by atoms with Gasteiger partial charge in [0.15, 0.2) is 5.82 Å². The van der Waals surface area contributed by atoms with Crippen molar-refractivity contribution in [2.24, 2.45) is 11.8 Å². The van der Waals surface area contributed by atoms with Crippen molar-refractivity contribution >= 4 is 5.97 Å². The summed E-state index contributed by atoms with van der Waals surface area (Å²) in [6.45, 7) is 1.59. The van der Waals surface area contributed by atoms with Gasteiger partial charge in [0.25, 0.3) is 0 Å². The predicted molar refractivity (Wildman–Crippen MR) is 64.6 cm³/mol. The fraction of sp³-hybridized carbons (Fsp3) is 0.769. The Morgan fingerprint density at radius 1 is 1.37 bits per heavy atom. The number of rotatable bonds is 4. The lowest BCUT2D eigenvalue weighted by atomic mass is 10.0. The Morgan fingerprint density at radius 3 is 2.95 bits per heavy atom. The van der Waals surface area contributed by atoms with Crippen LogP contribution in [0.25, 0.3) is 0 Å². The van der Waals surface area contributed by atoms with Gasteiger partial charge in [0, 0.05) is 25.6 Å². The summed E-state index contributed by atoms with van der Waals surface area (Å²) < 4.78 is 10.6. The van der Waals surface area contributed by atoms with Gasteiger partial charge in [-0.1, -0.05) is 5.16 Å². The van der Waals surface area contributed by atoms with E-state index >= 15 is 0 Å². The lowest BCUT2D eigenvalue weighted by Crippen LogP contribution is -2.09. The van der Waals surface area contributed by atoms with Gasteiger partial charge < -0.3 is 14.4 Å². The Labute approximate surface area is 111 Å². The Bertz CT molecular complexity index is 453. The zero-order valence-electron chi connectivity index (χ0n) is 10.7. The molecular weight excluding hydrogens is 248 g/mol. The minimum Gasteiger partial charge on any atom is -0.481 e. The summed E-state index contributed by atoms with van der Waals surface area (Å²) in [6.07, 6.45) is 3.98. The zero-order valence-corrected chi connectivity index (χ0v) is 10.7. The molecule has 1 aromatic heterocycles. The molecule has 3 atom stereocenters. The Hall–Kier alpha value is -1.43. The van der Waals surface area contributed by atoms with Crippen LogP contribution in [-0.4, -0.2) is 34.4 Å². The summed E-state index contributed by atoms with van der Waals surface area (Å²) in [4.78, 5) is 15.4. The zero-order chi connectivity index (χ0) is 13.2. The van der Waals surface area contributed by atoms with Crippen molar-refractivity contribution in [1.82, 2.24) is 10.1 Å². The maximum absolute atomic E-state index is 10.9. The number of carboxylic acids is 1. The highest BCUT2D eigenvalue weighted by Gasteiger charge is 2.34. The van der Waals surface area contributed by atoms with Crippen LogP contribution in [0, 0.1) is 11.8 Å². The van der Waals surface area contributed by atoms with Crippen LogP contribution in [0.3, 0.4) is 0 Å². The van der Waals surface area contributed by atoms with Crippen LogP contribution in [0.2, 0.25) is 0 Å². The van der Waals surface area contributed by atoms with Crippen molar-refractivity contribution in [2.45, 2.75) is 38.0 Å². The minimum absolute atomic E-state index is 0.113. The fourth-order valence-corrected chi connectivity index (χ4v) is 2.95. The molecule has 1 aliphatic carbocycles. The van der Waals surface area contributed by atoms with E-state index in [0.29, 0.717) is 24.7 Å². The third-order valence-electron chi connectivity index (χ3n) is 4.11. The minimum atomic E-state index is -0.717. The summed E-state index contributed by atoms with van der Waals surface area (Å²) in [5.41, 5.74) is 0. The highest BCUT2D eigenvalue weighted by Crippen LogP contribution is 2.37. The van der Waals surface area contributed by atoms with E-state index in [1.807, 2.05) is 0 Å². The van der Waals surface area contributed by atoms with Crippen LogP contribution in [0.1, 0.15) is 43.3 Å². The van der Waals surface area contributed by atoms with Gasteiger partial charge in [-0.05, 0) is 31.6 Å². The summed E-state index contributed by atoms with van der Waals surface area (Å²) in [7, 11) is 0. The molecule has 2 aliphatic rings. The number of carbonyl (C=O) groups is 1. The Kier molecular flexibility index (Phi) is 3.50. The molecule has 1 saturated carbocycles. The van der Waals surface area contributed by atoms with Crippen LogP contribution in [-0.2, 0) is 16.0 Å². The highest BCUT2D eigenvalue weighted by molar-refractivity contribution is 5.70. The third-order valence-corrected chi connectivity index (χ3v) is 4.11. The van der Waals surface area contributed by atoms with Gasteiger partial charge >= 0.3 is 5.97 Å². The van der Waals surface area contributed by atoms with Crippen molar-refractivity contribution in [3.05, 3.63) is 11.7 Å². The van der Waals surface area contributed by atoms with Crippen LogP contribution < -0.4 is 0 Å². The topological polar surface area (TPSA) is 85.5 Å². The second kappa shape index (κ2) is 5.28. The lowest BCUT2D eigenvalue weighted by Gasteiger charge is -2.03. The van der Waals surface area contributed by atoms with E-state index in [-0.39, 0.29) is 11.8 Å². The van der Waals surface area contributed by atoms with Crippen LogP contribution in [0.15, 0.2) is 4.52 Å². The van der Waals surface area contributed by atoms with Crippen LogP contribution in [0.4, 0.5) is 0 Å². The third kappa shape index (κ3) is 2.78. The summed E-state index contributed by atoms with van der Waals surface area (Å²) in [5, 5.41) is 13.0. The number of carboxylic acid groups (broad SMARTS) is 1. The highest BCUT2D eigenvalue weighted by atomic mass is 16.5. The van der Waals surface area contributed by atoms with Gasteiger partial charge in [-0.25, -0.2) is 0 Å². The molecule has 1 saturated heterocycles. The number of aromatic nitrogens is 2. The Morgan fingerprint density at radius 2 is 2.26 bits per heavy atom. The molecule has 2 fully saturated rings. The number of nitrogens with zero attached hydrogens (tertiary/aromatic N) is 2. The van der Waals surface area contributed by atoms with Crippen LogP contribution >= 0.6 is 0 Å². The van der Waals surface area contributed by atoms with E-state index in [0.717, 1.165) is 38.3 Å². The summed E-state index contributed by atoms with van der Waals surface area (Å²) in [5.74, 6) is 0.957. The number of ether oxygens (including phenoxy) is 1. The van der Waals surface area contributed by atoms with Crippen molar-refractivity contribution < 1.29 is 19.2 Å². The molecule has 0 amide bonds. The molecule has 104 valence electrons. The molecule has 0 bridgehead atoms. The number of hydrogen-bond donors (Lipinski definition) is 1. The fourth-order valence-electron chi connectivity index (χ4n) is 2.95. The average molecular weight is 266 g/mol. The first kappa shape index (κ1) is 12.6. The SMILES string of the molecule is O=C(O)C1CCC(c2nc(CC3CCOC3)no2)C1. The second-order valence-corrected chi connectivity index (χ2v) is 5.53. The van der Waals surface area contributed by atoms with E-state index in [4.69, 9.17) is 14.4 Å². The first-order valence-electron chi connectivity index (χ1n) is 6.85. The molecule has 6 heteroatoms. The van der Waals surface area contributed by atoms with E-state index in [9.17, 15) is 4.79 Å². The molecule has 2 heterocycles. The largest absolute Gasteiger partial charge is 0.481 e. The molecule has 1 aliphatic heterocycles. The standard InChI is InChI=1S/C13H18N2O4/c16-13(17)10-2-1-9(6-10)12-14-11(15-19-12)5-8-3-4-18-7-8/h8-10H,1-7H2,(H,16,17). The van der Waals surface area contributed by atoms with Gasteiger partial charge in [-0.15, -0.1) is 0 Å². The van der Waals surface area contributed by atoms with Crippen molar-refractivity contribution in [2.75, 3.05) is 13.2 Å². The average Bonchev–Trinajstić information content (AvgIpc) is 3.09. The van der Waals surface area contributed by atoms with E-state index < -0.39 is 5.97 Å². The molecule has 0 radical (unpaired) electrons. The number of aliphatic carboxylic acids is 1. The second-order valence-electron chi connectivity index (χ2n) is 5.53. The monoisotopic (exact) mass is 266 g/mol. The van der Waals surface area contributed by atoms with Gasteiger partial charge in [-0.2, -0.15) is 4.98 Å². The number of hydrogen-bond acceptors (Lipinski definition) is 5. The van der Waals surface area contributed by atoms with Gasteiger partial charge in [0.2, 0.25) is 5.89 Å². The van der Waals surface area contributed by atoms with E-state index in [2.05, 4.69) is 10.1 Å². The van der Waals surface area contributed by atoms with Crippen molar-refractivity contribution in [1.29, 1.82) is 0 Å². The van der Waals surface area contributed by atoms with Crippen molar-refractivity contribution in [3.63, 3.8) is 0 Å².